The summed E-state index contributed by atoms with van der Waals surface area (Å²) in [5.74, 6) is 0. The van der Waals surface area contributed by atoms with Crippen LogP contribution >= 0.6 is 0 Å². The molecule has 1 aromatic carbocycles. The molecule has 0 radical (unpaired) electrons. The molecule has 0 saturated heterocycles. The summed E-state index contributed by atoms with van der Waals surface area (Å²) in [6.45, 7) is 0.0210. The van der Waals surface area contributed by atoms with Crippen LogP contribution < -0.4 is 10.6 Å². The van der Waals surface area contributed by atoms with Crippen molar-refractivity contribution < 1.29 is 23.4 Å². The van der Waals surface area contributed by atoms with Gasteiger partial charge in [0.2, 0.25) is 0 Å². The number of halogens is 3. The largest absolute Gasteiger partial charge is 0.416 e. The monoisotopic (exact) mass is 264 g/mol. The SMILES string of the molecule is Nc1cc(C(F)(F)F)ccc1N(CCO)CCO. The van der Waals surface area contributed by atoms with Crippen LogP contribution in [0.2, 0.25) is 0 Å². The Kier molecular flexibility index (Phi) is 4.80. The molecule has 4 nitrogen and oxygen atoms in total. The van der Waals surface area contributed by atoms with Crippen LogP contribution in [0.5, 0.6) is 0 Å². The van der Waals surface area contributed by atoms with Gasteiger partial charge in [-0.1, -0.05) is 0 Å². The van der Waals surface area contributed by atoms with Gasteiger partial charge in [0.15, 0.2) is 0 Å². The summed E-state index contributed by atoms with van der Waals surface area (Å²) in [7, 11) is 0. The van der Waals surface area contributed by atoms with E-state index in [2.05, 4.69) is 0 Å². The fraction of sp³-hybridized carbons (Fsp3) is 0.455. The van der Waals surface area contributed by atoms with Gasteiger partial charge in [-0.05, 0) is 18.2 Å². The third kappa shape index (κ3) is 3.51. The molecule has 0 unspecified atom stereocenters. The van der Waals surface area contributed by atoms with Crippen LogP contribution in [0.25, 0.3) is 0 Å². The minimum Gasteiger partial charge on any atom is -0.397 e. The lowest BCUT2D eigenvalue weighted by Crippen LogP contribution is -2.30. The van der Waals surface area contributed by atoms with Crippen molar-refractivity contribution in [1.82, 2.24) is 0 Å². The second kappa shape index (κ2) is 5.92. The third-order valence-corrected chi connectivity index (χ3v) is 2.44. The summed E-state index contributed by atoms with van der Waals surface area (Å²) in [5, 5.41) is 17.7. The summed E-state index contributed by atoms with van der Waals surface area (Å²) >= 11 is 0. The highest BCUT2D eigenvalue weighted by atomic mass is 19.4. The lowest BCUT2D eigenvalue weighted by Gasteiger charge is -2.25. The smallest absolute Gasteiger partial charge is 0.397 e. The van der Waals surface area contributed by atoms with Gasteiger partial charge in [-0.3, -0.25) is 0 Å². The van der Waals surface area contributed by atoms with E-state index in [0.717, 1.165) is 12.1 Å². The number of nitrogen functional groups attached to an aromatic ring is 1. The van der Waals surface area contributed by atoms with Crippen molar-refractivity contribution in [2.75, 3.05) is 36.9 Å². The molecule has 0 atom stereocenters. The number of nitrogens with two attached hydrogens (primary N) is 1. The molecule has 1 rings (SSSR count). The molecule has 102 valence electrons. The highest BCUT2D eigenvalue weighted by Gasteiger charge is 2.31. The van der Waals surface area contributed by atoms with Crippen LogP contribution in [-0.4, -0.2) is 36.5 Å². The van der Waals surface area contributed by atoms with E-state index in [0.29, 0.717) is 5.69 Å². The molecule has 0 aromatic heterocycles. The lowest BCUT2D eigenvalue weighted by molar-refractivity contribution is -0.137. The standard InChI is InChI=1S/C11H15F3N2O2/c12-11(13,14)8-1-2-10(9(15)7-8)16(3-5-17)4-6-18/h1-2,7,17-18H,3-6,15H2. The first-order valence-electron chi connectivity index (χ1n) is 5.33. The minimum atomic E-state index is -4.44. The Morgan fingerprint density at radius 3 is 2.06 bits per heavy atom. The average Bonchev–Trinajstić information content (AvgIpc) is 2.27. The van der Waals surface area contributed by atoms with E-state index in [1.54, 1.807) is 0 Å². The van der Waals surface area contributed by atoms with Gasteiger partial charge >= 0.3 is 6.18 Å². The van der Waals surface area contributed by atoms with Crippen LogP contribution in [0.1, 0.15) is 5.56 Å². The predicted molar refractivity (Wildman–Crippen MR) is 62.2 cm³/mol. The third-order valence-electron chi connectivity index (χ3n) is 2.44. The van der Waals surface area contributed by atoms with Gasteiger partial charge in [0.25, 0.3) is 0 Å². The maximum Gasteiger partial charge on any atom is 0.416 e. The number of benzene rings is 1. The zero-order chi connectivity index (χ0) is 13.8. The molecule has 0 fully saturated rings. The molecule has 4 N–H and O–H groups in total. The fourth-order valence-electron chi connectivity index (χ4n) is 1.61. The Balaban J connectivity index is 3.03. The van der Waals surface area contributed by atoms with E-state index < -0.39 is 11.7 Å². The van der Waals surface area contributed by atoms with Gasteiger partial charge in [-0.15, -0.1) is 0 Å². The van der Waals surface area contributed by atoms with Crippen molar-refractivity contribution in [3.05, 3.63) is 23.8 Å². The van der Waals surface area contributed by atoms with E-state index in [9.17, 15) is 13.2 Å². The summed E-state index contributed by atoms with van der Waals surface area (Å²) < 4.78 is 37.3. The van der Waals surface area contributed by atoms with Gasteiger partial charge in [0.05, 0.1) is 30.2 Å². The van der Waals surface area contributed by atoms with E-state index in [1.807, 2.05) is 0 Å². The quantitative estimate of drug-likeness (QED) is 0.696. The van der Waals surface area contributed by atoms with Crippen molar-refractivity contribution in [3.8, 4) is 0 Å². The van der Waals surface area contributed by atoms with Crippen LogP contribution in [0.3, 0.4) is 0 Å². The molecule has 0 aliphatic heterocycles. The molecule has 0 heterocycles. The predicted octanol–water partition coefficient (Wildman–Crippen LogP) is 1.08. The Labute approximate surface area is 102 Å². The maximum absolute atomic E-state index is 12.4. The number of alkyl halides is 3. The molecular weight excluding hydrogens is 249 g/mol. The Bertz CT molecular complexity index is 390. The lowest BCUT2D eigenvalue weighted by atomic mass is 10.1. The van der Waals surface area contributed by atoms with Gasteiger partial charge in [0, 0.05) is 13.1 Å². The number of nitrogens with zero attached hydrogens (tertiary/aromatic N) is 1. The van der Waals surface area contributed by atoms with Crippen molar-refractivity contribution in [2.45, 2.75) is 6.18 Å². The van der Waals surface area contributed by atoms with Crippen LogP contribution in [0.15, 0.2) is 18.2 Å². The summed E-state index contributed by atoms with van der Waals surface area (Å²) in [6, 6.07) is 3.01. The molecule has 7 heteroatoms. The van der Waals surface area contributed by atoms with Crippen molar-refractivity contribution in [1.29, 1.82) is 0 Å². The zero-order valence-electron chi connectivity index (χ0n) is 9.61. The molecule has 0 spiro atoms. The van der Waals surface area contributed by atoms with E-state index in [4.69, 9.17) is 15.9 Å². The first-order chi connectivity index (χ1) is 8.40. The summed E-state index contributed by atoms with van der Waals surface area (Å²) in [6.07, 6.45) is -4.44. The molecule has 0 bridgehead atoms. The summed E-state index contributed by atoms with van der Waals surface area (Å²) in [5.41, 5.74) is 5.08. The van der Waals surface area contributed by atoms with Crippen molar-refractivity contribution in [2.24, 2.45) is 0 Å². The summed E-state index contributed by atoms with van der Waals surface area (Å²) in [4.78, 5) is 1.52. The van der Waals surface area contributed by atoms with Gasteiger partial charge in [-0.25, -0.2) is 0 Å². The second-order valence-corrected chi connectivity index (χ2v) is 3.71. The van der Waals surface area contributed by atoms with Crippen molar-refractivity contribution in [3.63, 3.8) is 0 Å². The molecular formula is C11H15F3N2O2. The number of anilines is 2. The van der Waals surface area contributed by atoms with Crippen molar-refractivity contribution >= 4 is 11.4 Å². The molecule has 18 heavy (non-hydrogen) atoms. The molecule has 0 aliphatic carbocycles. The molecule has 0 amide bonds. The van der Waals surface area contributed by atoms with Crippen LogP contribution in [0, 0.1) is 0 Å². The zero-order valence-corrected chi connectivity index (χ0v) is 9.61. The minimum absolute atomic E-state index is 0.0354. The molecule has 0 aliphatic rings. The topological polar surface area (TPSA) is 69.7 Å². The second-order valence-electron chi connectivity index (χ2n) is 3.71. The Morgan fingerprint density at radius 2 is 1.67 bits per heavy atom. The van der Waals surface area contributed by atoms with Crippen LogP contribution in [0.4, 0.5) is 24.5 Å². The first-order valence-corrected chi connectivity index (χ1v) is 5.33. The average molecular weight is 264 g/mol. The van der Waals surface area contributed by atoms with Gasteiger partial charge < -0.3 is 20.8 Å². The highest BCUT2D eigenvalue weighted by molar-refractivity contribution is 5.68. The number of rotatable bonds is 5. The van der Waals surface area contributed by atoms with Crippen LogP contribution in [-0.2, 0) is 6.18 Å². The first kappa shape index (κ1) is 14.6. The molecule has 1 aromatic rings. The normalized spacial score (nSPS) is 11.6. The maximum atomic E-state index is 12.4. The molecule has 0 saturated carbocycles. The fourth-order valence-corrected chi connectivity index (χ4v) is 1.61. The highest BCUT2D eigenvalue weighted by Crippen LogP contribution is 2.33. The Hall–Kier alpha value is -1.47. The van der Waals surface area contributed by atoms with E-state index in [1.165, 1.54) is 11.0 Å². The van der Waals surface area contributed by atoms with Gasteiger partial charge in [-0.2, -0.15) is 13.2 Å². The number of aliphatic hydroxyl groups is 2. The number of hydrogen-bond donors (Lipinski definition) is 3. The number of aliphatic hydroxyl groups excluding tert-OH is 2. The van der Waals surface area contributed by atoms with Gasteiger partial charge in [0.1, 0.15) is 0 Å². The Morgan fingerprint density at radius 1 is 1.11 bits per heavy atom. The van der Waals surface area contributed by atoms with E-state index in [-0.39, 0.29) is 32.0 Å². The number of hydrogen-bond acceptors (Lipinski definition) is 4. The van der Waals surface area contributed by atoms with E-state index >= 15 is 0 Å².